The Kier molecular flexibility index (Phi) is 3.85. The van der Waals surface area contributed by atoms with Gasteiger partial charge in [-0.3, -0.25) is 4.79 Å². The van der Waals surface area contributed by atoms with Crippen LogP contribution in [0.25, 0.3) is 0 Å². The molecule has 1 heterocycles. The molecule has 1 amide bonds. The van der Waals surface area contributed by atoms with Crippen LogP contribution in [-0.2, 0) is 4.79 Å². The van der Waals surface area contributed by atoms with Gasteiger partial charge in [-0.15, -0.1) is 0 Å². The highest BCUT2D eigenvalue weighted by molar-refractivity contribution is 5.73. The second-order valence-corrected chi connectivity index (χ2v) is 3.63. The normalized spacial score (nSPS) is 12.7. The van der Waals surface area contributed by atoms with Gasteiger partial charge in [-0.1, -0.05) is 5.16 Å². The zero-order chi connectivity index (χ0) is 11.4. The molecular weight excluding hydrogens is 194 g/mol. The molecular formula is C10H17N3O2. The number of hydrogen-bond donors (Lipinski definition) is 2. The molecule has 0 fully saturated rings. The number of rotatable bonds is 5. The number of carbonyl (C=O) groups is 1. The molecule has 5 nitrogen and oxygen atoms in total. The van der Waals surface area contributed by atoms with Crippen molar-refractivity contribution < 1.29 is 9.32 Å². The first-order chi connectivity index (χ1) is 7.02. The first kappa shape index (κ1) is 11.7. The Hall–Kier alpha value is -1.36. The Morgan fingerprint density at radius 2 is 2.27 bits per heavy atom. The highest BCUT2D eigenvalue weighted by Gasteiger charge is 2.15. The third-order valence-corrected chi connectivity index (χ3v) is 2.34. The number of primary amides is 1. The third kappa shape index (κ3) is 3.06. The molecule has 1 atom stereocenters. The molecule has 15 heavy (non-hydrogen) atoms. The van der Waals surface area contributed by atoms with Crippen LogP contribution in [-0.4, -0.2) is 17.6 Å². The molecule has 1 aromatic heterocycles. The summed E-state index contributed by atoms with van der Waals surface area (Å²) in [5, 5.41) is 7.07. The lowest BCUT2D eigenvalue weighted by molar-refractivity contribution is -0.117. The Bertz CT molecular complexity index is 327. The molecule has 0 saturated carbocycles. The minimum atomic E-state index is -0.298. The van der Waals surface area contributed by atoms with E-state index in [9.17, 15) is 4.79 Å². The molecule has 3 N–H and O–H groups in total. The quantitative estimate of drug-likeness (QED) is 0.755. The largest absolute Gasteiger partial charge is 0.370 e. The fourth-order valence-electron chi connectivity index (χ4n) is 1.62. The van der Waals surface area contributed by atoms with Crippen molar-refractivity contribution in [2.24, 2.45) is 5.73 Å². The summed E-state index contributed by atoms with van der Waals surface area (Å²) in [4.78, 5) is 10.6. The van der Waals surface area contributed by atoms with E-state index in [2.05, 4.69) is 10.5 Å². The van der Waals surface area contributed by atoms with Gasteiger partial charge in [0, 0.05) is 24.6 Å². The molecule has 0 saturated heterocycles. The lowest BCUT2D eigenvalue weighted by atomic mass is 10.1. The number of aromatic nitrogens is 1. The predicted molar refractivity (Wildman–Crippen MR) is 56.2 cm³/mol. The van der Waals surface area contributed by atoms with Crippen LogP contribution in [0.1, 0.15) is 36.4 Å². The predicted octanol–water partition coefficient (Wildman–Crippen LogP) is 0.817. The maximum atomic E-state index is 10.6. The van der Waals surface area contributed by atoms with Crippen LogP contribution in [0.2, 0.25) is 0 Å². The molecule has 5 heteroatoms. The Balaban J connectivity index is 2.53. The van der Waals surface area contributed by atoms with E-state index in [1.807, 2.05) is 20.8 Å². The highest BCUT2D eigenvalue weighted by atomic mass is 16.5. The Morgan fingerprint density at radius 3 is 2.73 bits per heavy atom. The SMILES string of the molecule is Cc1noc(C)c1C(C)NCCC(N)=O. The van der Waals surface area contributed by atoms with Crippen molar-refractivity contribution >= 4 is 5.91 Å². The number of amides is 1. The van der Waals surface area contributed by atoms with Gasteiger partial charge in [-0.05, 0) is 20.8 Å². The summed E-state index contributed by atoms with van der Waals surface area (Å²) in [6.45, 7) is 6.35. The lowest BCUT2D eigenvalue weighted by Crippen LogP contribution is -2.25. The standard InChI is InChI=1S/C10H17N3O2/c1-6(12-5-4-9(11)14)10-7(2)13-15-8(10)3/h6,12H,4-5H2,1-3H3,(H2,11,14). The van der Waals surface area contributed by atoms with Crippen LogP contribution < -0.4 is 11.1 Å². The van der Waals surface area contributed by atoms with E-state index in [1.165, 1.54) is 0 Å². The summed E-state index contributed by atoms with van der Waals surface area (Å²) < 4.78 is 5.06. The molecule has 0 aromatic carbocycles. The summed E-state index contributed by atoms with van der Waals surface area (Å²) in [6, 6.07) is 0.121. The molecule has 0 bridgehead atoms. The van der Waals surface area contributed by atoms with Gasteiger partial charge >= 0.3 is 0 Å². The number of nitrogens with two attached hydrogens (primary N) is 1. The fourth-order valence-corrected chi connectivity index (χ4v) is 1.62. The third-order valence-electron chi connectivity index (χ3n) is 2.34. The van der Waals surface area contributed by atoms with Crippen molar-refractivity contribution in [2.45, 2.75) is 33.2 Å². The average Bonchev–Trinajstić information content (AvgIpc) is 2.45. The molecule has 0 aliphatic carbocycles. The van der Waals surface area contributed by atoms with Crippen molar-refractivity contribution in [3.8, 4) is 0 Å². The van der Waals surface area contributed by atoms with Crippen LogP contribution in [0.5, 0.6) is 0 Å². The van der Waals surface area contributed by atoms with Crippen LogP contribution in [0, 0.1) is 13.8 Å². The van der Waals surface area contributed by atoms with Gasteiger partial charge in [0.2, 0.25) is 5.91 Å². The summed E-state index contributed by atoms with van der Waals surface area (Å²) >= 11 is 0. The molecule has 0 aliphatic rings. The molecule has 0 aliphatic heterocycles. The van der Waals surface area contributed by atoms with E-state index in [0.717, 1.165) is 17.0 Å². The van der Waals surface area contributed by atoms with Gasteiger partial charge < -0.3 is 15.6 Å². The second-order valence-electron chi connectivity index (χ2n) is 3.63. The van der Waals surface area contributed by atoms with Crippen molar-refractivity contribution in [2.75, 3.05) is 6.54 Å². The number of carbonyl (C=O) groups excluding carboxylic acids is 1. The number of nitrogens with one attached hydrogen (secondary N) is 1. The summed E-state index contributed by atoms with van der Waals surface area (Å²) in [5.74, 6) is 0.514. The van der Waals surface area contributed by atoms with Crippen molar-refractivity contribution in [3.05, 3.63) is 17.0 Å². The Labute approximate surface area is 89.0 Å². The van der Waals surface area contributed by atoms with Crippen molar-refractivity contribution in [1.29, 1.82) is 0 Å². The van der Waals surface area contributed by atoms with E-state index in [-0.39, 0.29) is 11.9 Å². The average molecular weight is 211 g/mol. The number of aryl methyl sites for hydroxylation is 2. The molecule has 1 aromatic rings. The van der Waals surface area contributed by atoms with E-state index >= 15 is 0 Å². The van der Waals surface area contributed by atoms with Gasteiger partial charge in [0.15, 0.2) is 0 Å². The fraction of sp³-hybridized carbons (Fsp3) is 0.600. The number of hydrogen-bond acceptors (Lipinski definition) is 4. The first-order valence-electron chi connectivity index (χ1n) is 4.96. The highest BCUT2D eigenvalue weighted by Crippen LogP contribution is 2.20. The van der Waals surface area contributed by atoms with Crippen LogP contribution in [0.15, 0.2) is 4.52 Å². The molecule has 0 spiro atoms. The maximum Gasteiger partial charge on any atom is 0.218 e. The van der Waals surface area contributed by atoms with Gasteiger partial charge in [-0.25, -0.2) is 0 Å². The zero-order valence-electron chi connectivity index (χ0n) is 9.33. The minimum Gasteiger partial charge on any atom is -0.370 e. The summed E-state index contributed by atoms with van der Waals surface area (Å²) in [5.41, 5.74) is 6.98. The minimum absolute atomic E-state index is 0.121. The van der Waals surface area contributed by atoms with Gasteiger partial charge in [0.05, 0.1) is 5.69 Å². The van der Waals surface area contributed by atoms with E-state index < -0.39 is 0 Å². The monoisotopic (exact) mass is 211 g/mol. The van der Waals surface area contributed by atoms with E-state index in [4.69, 9.17) is 10.3 Å². The lowest BCUT2D eigenvalue weighted by Gasteiger charge is -2.12. The van der Waals surface area contributed by atoms with Gasteiger partial charge in [0.1, 0.15) is 5.76 Å². The van der Waals surface area contributed by atoms with Crippen LogP contribution >= 0.6 is 0 Å². The van der Waals surface area contributed by atoms with Gasteiger partial charge in [-0.2, -0.15) is 0 Å². The van der Waals surface area contributed by atoms with E-state index in [1.54, 1.807) is 0 Å². The second kappa shape index (κ2) is 4.93. The molecule has 1 rings (SSSR count). The maximum absolute atomic E-state index is 10.6. The van der Waals surface area contributed by atoms with Crippen molar-refractivity contribution in [3.63, 3.8) is 0 Å². The summed E-state index contributed by atoms with van der Waals surface area (Å²) in [6.07, 6.45) is 0.341. The van der Waals surface area contributed by atoms with Crippen LogP contribution in [0.4, 0.5) is 0 Å². The first-order valence-corrected chi connectivity index (χ1v) is 4.96. The van der Waals surface area contributed by atoms with Crippen molar-refractivity contribution in [1.82, 2.24) is 10.5 Å². The van der Waals surface area contributed by atoms with E-state index in [0.29, 0.717) is 13.0 Å². The number of nitrogens with zero attached hydrogens (tertiary/aromatic N) is 1. The summed E-state index contributed by atoms with van der Waals surface area (Å²) in [7, 11) is 0. The molecule has 1 unspecified atom stereocenters. The Morgan fingerprint density at radius 1 is 1.60 bits per heavy atom. The van der Waals surface area contributed by atoms with Gasteiger partial charge in [0.25, 0.3) is 0 Å². The smallest absolute Gasteiger partial charge is 0.218 e. The molecule has 0 radical (unpaired) electrons. The topological polar surface area (TPSA) is 81.2 Å². The zero-order valence-corrected chi connectivity index (χ0v) is 9.33. The molecule has 84 valence electrons. The van der Waals surface area contributed by atoms with Crippen LogP contribution in [0.3, 0.4) is 0 Å².